The number of aliphatic hydroxyl groups is 5. The van der Waals surface area contributed by atoms with E-state index >= 15 is 0 Å². The first-order valence-corrected chi connectivity index (χ1v) is 39.3. The number of allylic oxidation sites excluding steroid dienone is 5. The normalized spacial score (nSPS) is 17.8. The summed E-state index contributed by atoms with van der Waals surface area (Å²) < 4.78 is 16.8. The molecule has 0 aromatic heterocycles. The first-order valence-electron chi connectivity index (χ1n) is 39.3. The highest BCUT2D eigenvalue weighted by molar-refractivity contribution is 5.76. The van der Waals surface area contributed by atoms with Crippen molar-refractivity contribution in [1.29, 1.82) is 0 Å². The minimum atomic E-state index is -1.57. The number of ether oxygens (including phenoxy) is 3. The van der Waals surface area contributed by atoms with Gasteiger partial charge < -0.3 is 45.1 Å². The molecule has 1 aliphatic heterocycles. The van der Waals surface area contributed by atoms with Crippen molar-refractivity contribution < 1.29 is 49.3 Å². The van der Waals surface area contributed by atoms with Gasteiger partial charge in [-0.05, 0) is 64.2 Å². The fraction of sp³-hybridized carbons (Fsp3) is 0.899. The lowest BCUT2D eigenvalue weighted by Gasteiger charge is -2.40. The fourth-order valence-corrected chi connectivity index (χ4v) is 12.6. The summed E-state index contributed by atoms with van der Waals surface area (Å²) in [7, 11) is 0. The van der Waals surface area contributed by atoms with E-state index in [1.165, 1.54) is 302 Å². The molecule has 0 aliphatic carbocycles. The van der Waals surface area contributed by atoms with Crippen molar-refractivity contribution in [2.24, 2.45) is 0 Å². The lowest BCUT2D eigenvalue weighted by atomic mass is 9.99. The number of rotatable bonds is 70. The number of carbonyl (C=O) groups is 2. The highest BCUT2D eigenvalue weighted by atomic mass is 16.7. The Morgan fingerprint density at radius 2 is 0.744 bits per heavy atom. The molecule has 1 saturated heterocycles. The highest BCUT2D eigenvalue weighted by Gasteiger charge is 2.44. The van der Waals surface area contributed by atoms with E-state index in [0.29, 0.717) is 19.4 Å². The SMILES string of the molecule is CCCCC/C=C\C/C=C\CCCCCCCCCC(=O)OCCCCCCCCCCCCCCCCCCCCCCCCCCCCCCCCCCCCCC(=O)NC(COC1OC(CO)C(O)C(O)C1O)C(O)/C=C/CCCCCCCCCC. The highest BCUT2D eigenvalue weighted by Crippen LogP contribution is 2.24. The summed E-state index contributed by atoms with van der Waals surface area (Å²) in [5, 5.41) is 54.4. The summed E-state index contributed by atoms with van der Waals surface area (Å²) in [5.41, 5.74) is 0. The van der Waals surface area contributed by atoms with Crippen molar-refractivity contribution in [3.8, 4) is 0 Å². The maximum absolute atomic E-state index is 13.0. The van der Waals surface area contributed by atoms with Crippen LogP contribution in [0, 0.1) is 0 Å². The van der Waals surface area contributed by atoms with Crippen LogP contribution < -0.4 is 5.32 Å². The van der Waals surface area contributed by atoms with Gasteiger partial charge in [0, 0.05) is 12.8 Å². The molecule has 0 aromatic carbocycles. The summed E-state index contributed by atoms with van der Waals surface area (Å²) in [5.74, 6) is -0.167. The molecule has 0 saturated carbocycles. The van der Waals surface area contributed by atoms with Crippen LogP contribution in [0.1, 0.15) is 393 Å². The summed E-state index contributed by atoms with van der Waals surface area (Å²) >= 11 is 0. The van der Waals surface area contributed by atoms with E-state index in [1.54, 1.807) is 6.08 Å². The van der Waals surface area contributed by atoms with Crippen molar-refractivity contribution in [1.82, 2.24) is 5.32 Å². The van der Waals surface area contributed by atoms with Crippen LogP contribution >= 0.6 is 0 Å². The Balaban J connectivity index is 1.85. The predicted molar refractivity (Wildman–Crippen MR) is 380 cm³/mol. The molecular weight excluding hydrogens is 1120 g/mol. The zero-order chi connectivity index (χ0) is 65.1. The molecule has 11 heteroatoms. The lowest BCUT2D eigenvalue weighted by molar-refractivity contribution is -0.302. The zero-order valence-corrected chi connectivity index (χ0v) is 59.1. The number of nitrogens with one attached hydrogen (secondary N) is 1. The average molecular weight is 1270 g/mol. The molecule has 7 atom stereocenters. The second kappa shape index (κ2) is 68.3. The number of hydrogen-bond acceptors (Lipinski definition) is 10. The standard InChI is InChI=1S/C79H149NO10/c1-3-5-7-9-11-13-15-16-17-37-41-44-47-51-55-59-63-67-75(84)88-68-64-60-56-52-48-45-42-39-36-34-32-30-28-26-24-22-20-18-19-21-23-25-27-29-31-33-35-38-40-43-46-50-54-58-62-66-74(83)80-71(70-89-79-78(87)77(86)76(85)73(69-81)90-79)72(82)65-61-57-53-49-14-12-10-8-6-4-2/h11,13,16-17,61,65,71-73,76-79,81-82,85-87H,3-10,12,14-15,18-60,62-64,66-70H2,1-2H3,(H,80,83)/b13-11-,17-16-,65-61+. The molecule has 1 aliphatic rings. The van der Waals surface area contributed by atoms with Gasteiger partial charge in [0.1, 0.15) is 24.4 Å². The smallest absolute Gasteiger partial charge is 0.305 e. The molecule has 1 rings (SSSR count). The topological polar surface area (TPSA) is 175 Å². The van der Waals surface area contributed by atoms with E-state index in [1.807, 2.05) is 6.08 Å². The third-order valence-electron chi connectivity index (χ3n) is 18.7. The quantitative estimate of drug-likeness (QED) is 0.0195. The van der Waals surface area contributed by atoms with Crippen LogP contribution in [-0.2, 0) is 23.8 Å². The summed E-state index contributed by atoms with van der Waals surface area (Å²) in [6.45, 7) is 4.34. The van der Waals surface area contributed by atoms with Gasteiger partial charge in [0.15, 0.2) is 6.29 Å². The molecule has 1 heterocycles. The molecule has 0 aromatic rings. The Bertz CT molecular complexity index is 1590. The van der Waals surface area contributed by atoms with Crippen molar-refractivity contribution in [2.45, 2.75) is 436 Å². The number of hydrogen-bond donors (Lipinski definition) is 6. The van der Waals surface area contributed by atoms with E-state index in [9.17, 15) is 35.1 Å². The molecule has 7 unspecified atom stereocenters. The molecule has 530 valence electrons. The van der Waals surface area contributed by atoms with Crippen molar-refractivity contribution in [2.75, 3.05) is 19.8 Å². The Morgan fingerprint density at radius 3 is 1.14 bits per heavy atom. The van der Waals surface area contributed by atoms with Crippen LogP contribution in [0.5, 0.6) is 0 Å². The van der Waals surface area contributed by atoms with Crippen LogP contribution in [0.15, 0.2) is 36.5 Å². The average Bonchev–Trinajstić information content (AvgIpc) is 0.992. The molecule has 0 spiro atoms. The first kappa shape index (κ1) is 85.9. The number of esters is 1. The number of unbranched alkanes of at least 4 members (excludes halogenated alkanes) is 52. The molecule has 1 amide bonds. The van der Waals surface area contributed by atoms with Crippen LogP contribution in [0.3, 0.4) is 0 Å². The monoisotopic (exact) mass is 1270 g/mol. The minimum absolute atomic E-state index is 0.00862. The minimum Gasteiger partial charge on any atom is -0.466 e. The fourth-order valence-electron chi connectivity index (χ4n) is 12.6. The van der Waals surface area contributed by atoms with E-state index < -0.39 is 49.5 Å². The third kappa shape index (κ3) is 56.2. The van der Waals surface area contributed by atoms with Gasteiger partial charge in [-0.25, -0.2) is 0 Å². The van der Waals surface area contributed by atoms with Gasteiger partial charge in [-0.15, -0.1) is 0 Å². The summed E-state index contributed by atoms with van der Waals surface area (Å²) in [4.78, 5) is 25.2. The van der Waals surface area contributed by atoms with Crippen molar-refractivity contribution in [3.63, 3.8) is 0 Å². The summed E-state index contributed by atoms with van der Waals surface area (Å²) in [6.07, 6.45) is 79.0. The van der Waals surface area contributed by atoms with Gasteiger partial charge in [0.05, 0.1) is 32.0 Å². The van der Waals surface area contributed by atoms with E-state index in [0.717, 1.165) is 64.2 Å². The molecule has 90 heavy (non-hydrogen) atoms. The first-order chi connectivity index (χ1) is 44.2. The Kier molecular flexibility index (Phi) is 65.2. The third-order valence-corrected chi connectivity index (χ3v) is 18.7. The van der Waals surface area contributed by atoms with Gasteiger partial charge in [-0.1, -0.05) is 352 Å². The maximum atomic E-state index is 13.0. The van der Waals surface area contributed by atoms with Gasteiger partial charge in [0.2, 0.25) is 5.91 Å². The van der Waals surface area contributed by atoms with E-state index in [2.05, 4.69) is 43.5 Å². The van der Waals surface area contributed by atoms with Gasteiger partial charge in [-0.2, -0.15) is 0 Å². The lowest BCUT2D eigenvalue weighted by Crippen LogP contribution is -2.60. The Morgan fingerprint density at radius 1 is 0.411 bits per heavy atom. The molecule has 0 bridgehead atoms. The van der Waals surface area contributed by atoms with Gasteiger partial charge in [-0.3, -0.25) is 9.59 Å². The Labute approximate surface area is 555 Å². The molecular formula is C79H149NO10. The van der Waals surface area contributed by atoms with Gasteiger partial charge in [0.25, 0.3) is 0 Å². The molecule has 6 N–H and O–H groups in total. The van der Waals surface area contributed by atoms with Crippen molar-refractivity contribution in [3.05, 3.63) is 36.5 Å². The van der Waals surface area contributed by atoms with E-state index in [4.69, 9.17) is 14.2 Å². The van der Waals surface area contributed by atoms with Crippen LogP contribution in [0.2, 0.25) is 0 Å². The van der Waals surface area contributed by atoms with Crippen molar-refractivity contribution >= 4 is 11.9 Å². The van der Waals surface area contributed by atoms with Gasteiger partial charge >= 0.3 is 5.97 Å². The number of carbonyl (C=O) groups excluding carboxylic acids is 2. The molecule has 0 radical (unpaired) electrons. The number of aliphatic hydroxyl groups excluding tert-OH is 5. The molecule has 11 nitrogen and oxygen atoms in total. The second-order valence-electron chi connectivity index (χ2n) is 27.4. The zero-order valence-electron chi connectivity index (χ0n) is 59.1. The maximum Gasteiger partial charge on any atom is 0.305 e. The predicted octanol–water partition coefficient (Wildman–Crippen LogP) is 20.9. The molecule has 1 fully saturated rings. The summed E-state index contributed by atoms with van der Waals surface area (Å²) in [6, 6.07) is -0.805. The largest absolute Gasteiger partial charge is 0.466 e. The Hall–Kier alpha value is -2.12. The number of amides is 1. The second-order valence-corrected chi connectivity index (χ2v) is 27.4. The van der Waals surface area contributed by atoms with Crippen LogP contribution in [0.4, 0.5) is 0 Å². The van der Waals surface area contributed by atoms with Crippen LogP contribution in [-0.4, -0.2) is 100 Å². The van der Waals surface area contributed by atoms with E-state index in [-0.39, 0.29) is 18.5 Å². The van der Waals surface area contributed by atoms with Crippen LogP contribution in [0.25, 0.3) is 0 Å².